The van der Waals surface area contributed by atoms with Crippen LogP contribution in [0, 0.1) is 10.1 Å². The van der Waals surface area contributed by atoms with Crippen molar-refractivity contribution in [3.05, 3.63) is 115 Å². The Kier molecular flexibility index (Phi) is 5.86. The first-order valence-electron chi connectivity index (χ1n) is 10.2. The first-order chi connectivity index (χ1) is 15.9. The van der Waals surface area contributed by atoms with E-state index in [9.17, 15) is 24.5 Å². The number of benzene rings is 3. The lowest BCUT2D eigenvalue weighted by atomic mass is 10.1. The number of nitro benzene ring substituents is 1. The highest BCUT2D eigenvalue weighted by molar-refractivity contribution is 5.82. The second kappa shape index (κ2) is 8.91. The first-order valence-corrected chi connectivity index (χ1v) is 10.2. The predicted octanol–water partition coefficient (Wildman–Crippen LogP) is 2.94. The van der Waals surface area contributed by atoms with Crippen molar-refractivity contribution in [3.63, 3.8) is 0 Å². The molecule has 0 radical (unpaired) electrons. The summed E-state index contributed by atoms with van der Waals surface area (Å²) in [5.41, 5.74) is -0.377. The third-order valence-corrected chi connectivity index (χ3v) is 5.33. The molecule has 166 valence electrons. The third kappa shape index (κ3) is 4.29. The van der Waals surface area contributed by atoms with Gasteiger partial charge in [0.05, 0.1) is 27.6 Å². The molecule has 3 aromatic carbocycles. The van der Waals surface area contributed by atoms with Gasteiger partial charge in [-0.15, -0.1) is 0 Å². The Labute approximate surface area is 187 Å². The SMILES string of the molecule is C[C@H](NC(=O)Cn1c(=O)n(-c2cccc([N+](=O)[O-])c2)c(=O)c2ccccc21)c1ccccc1. The largest absolute Gasteiger partial charge is 0.348 e. The van der Waals surface area contributed by atoms with E-state index in [1.165, 1.54) is 22.8 Å². The van der Waals surface area contributed by atoms with Crippen molar-refractivity contribution in [1.82, 2.24) is 14.5 Å². The van der Waals surface area contributed by atoms with E-state index in [-0.39, 0.29) is 29.3 Å². The Bertz CT molecular complexity index is 1470. The molecule has 0 aliphatic rings. The third-order valence-electron chi connectivity index (χ3n) is 5.33. The monoisotopic (exact) mass is 444 g/mol. The molecule has 4 aromatic rings. The first kappa shape index (κ1) is 21.7. The number of hydrogen-bond acceptors (Lipinski definition) is 5. The molecule has 1 N–H and O–H groups in total. The molecule has 0 unspecified atom stereocenters. The molecule has 0 saturated carbocycles. The Balaban J connectivity index is 1.79. The number of rotatable bonds is 6. The second-order valence-corrected chi connectivity index (χ2v) is 7.50. The van der Waals surface area contributed by atoms with Crippen LogP contribution in [0.2, 0.25) is 0 Å². The zero-order chi connectivity index (χ0) is 23.5. The van der Waals surface area contributed by atoms with E-state index in [1.807, 2.05) is 37.3 Å². The van der Waals surface area contributed by atoms with E-state index < -0.39 is 22.1 Å². The van der Waals surface area contributed by atoms with Gasteiger partial charge in [-0.2, -0.15) is 0 Å². The molecule has 1 atom stereocenters. The van der Waals surface area contributed by atoms with Crippen molar-refractivity contribution >= 4 is 22.5 Å². The second-order valence-electron chi connectivity index (χ2n) is 7.50. The van der Waals surface area contributed by atoms with Crippen LogP contribution < -0.4 is 16.6 Å². The summed E-state index contributed by atoms with van der Waals surface area (Å²) in [6, 6.07) is 20.8. The number of nitrogens with one attached hydrogen (secondary N) is 1. The zero-order valence-corrected chi connectivity index (χ0v) is 17.7. The van der Waals surface area contributed by atoms with Crippen molar-refractivity contribution < 1.29 is 9.72 Å². The smallest absolute Gasteiger partial charge is 0.336 e. The topological polar surface area (TPSA) is 116 Å². The van der Waals surface area contributed by atoms with Crippen LogP contribution in [0.5, 0.6) is 0 Å². The molecule has 0 bridgehead atoms. The van der Waals surface area contributed by atoms with Crippen LogP contribution in [0.1, 0.15) is 18.5 Å². The van der Waals surface area contributed by atoms with Gasteiger partial charge in [-0.1, -0.05) is 48.5 Å². The quantitative estimate of drug-likeness (QED) is 0.363. The van der Waals surface area contributed by atoms with Gasteiger partial charge in [0.25, 0.3) is 11.2 Å². The Morgan fingerprint density at radius 3 is 2.42 bits per heavy atom. The molecule has 0 fully saturated rings. The molecule has 1 amide bonds. The van der Waals surface area contributed by atoms with Gasteiger partial charge in [0, 0.05) is 12.1 Å². The average Bonchev–Trinajstić information content (AvgIpc) is 2.82. The summed E-state index contributed by atoms with van der Waals surface area (Å²) < 4.78 is 2.05. The average molecular weight is 444 g/mol. The van der Waals surface area contributed by atoms with Crippen LogP contribution in [-0.2, 0) is 11.3 Å². The van der Waals surface area contributed by atoms with E-state index in [1.54, 1.807) is 24.3 Å². The van der Waals surface area contributed by atoms with Crippen LogP contribution in [0.25, 0.3) is 16.6 Å². The summed E-state index contributed by atoms with van der Waals surface area (Å²) in [6.45, 7) is 1.50. The maximum Gasteiger partial charge on any atom is 0.336 e. The lowest BCUT2D eigenvalue weighted by molar-refractivity contribution is -0.384. The fraction of sp³-hybridized carbons (Fsp3) is 0.125. The van der Waals surface area contributed by atoms with Gasteiger partial charge in [-0.25, -0.2) is 9.36 Å². The van der Waals surface area contributed by atoms with Gasteiger partial charge in [0.2, 0.25) is 5.91 Å². The van der Waals surface area contributed by atoms with Gasteiger partial charge in [0.15, 0.2) is 0 Å². The molecule has 9 heteroatoms. The van der Waals surface area contributed by atoms with Crippen molar-refractivity contribution in [2.24, 2.45) is 0 Å². The van der Waals surface area contributed by atoms with E-state index in [4.69, 9.17) is 0 Å². The number of fused-ring (bicyclic) bond motifs is 1. The van der Waals surface area contributed by atoms with E-state index in [2.05, 4.69) is 5.32 Å². The van der Waals surface area contributed by atoms with Crippen LogP contribution in [0.3, 0.4) is 0 Å². The molecular weight excluding hydrogens is 424 g/mol. The Morgan fingerprint density at radius 1 is 1.00 bits per heavy atom. The van der Waals surface area contributed by atoms with E-state index in [0.717, 1.165) is 16.2 Å². The summed E-state index contributed by atoms with van der Waals surface area (Å²) in [4.78, 5) is 49.9. The summed E-state index contributed by atoms with van der Waals surface area (Å²) in [5, 5.41) is 14.3. The highest BCUT2D eigenvalue weighted by atomic mass is 16.6. The van der Waals surface area contributed by atoms with E-state index in [0.29, 0.717) is 5.52 Å². The summed E-state index contributed by atoms with van der Waals surface area (Å²) in [6.07, 6.45) is 0. The molecule has 0 spiro atoms. The minimum absolute atomic E-state index is 0.0526. The summed E-state index contributed by atoms with van der Waals surface area (Å²) in [5.74, 6) is -0.414. The molecule has 0 aliphatic heterocycles. The summed E-state index contributed by atoms with van der Waals surface area (Å²) >= 11 is 0. The number of hydrogen-bond donors (Lipinski definition) is 1. The van der Waals surface area contributed by atoms with Gasteiger partial charge >= 0.3 is 5.69 Å². The molecule has 9 nitrogen and oxygen atoms in total. The maximum absolute atomic E-state index is 13.4. The van der Waals surface area contributed by atoms with Crippen LogP contribution in [-0.4, -0.2) is 20.0 Å². The number of aromatic nitrogens is 2. The summed E-state index contributed by atoms with van der Waals surface area (Å²) in [7, 11) is 0. The van der Waals surface area contributed by atoms with E-state index >= 15 is 0 Å². The van der Waals surface area contributed by atoms with Crippen molar-refractivity contribution in [3.8, 4) is 5.69 Å². The lowest BCUT2D eigenvalue weighted by Crippen LogP contribution is -2.42. The number of carbonyl (C=O) groups is 1. The normalized spacial score (nSPS) is 11.8. The van der Waals surface area contributed by atoms with Crippen molar-refractivity contribution in [2.45, 2.75) is 19.5 Å². The molecule has 1 heterocycles. The van der Waals surface area contributed by atoms with Crippen LogP contribution in [0.15, 0.2) is 88.5 Å². The maximum atomic E-state index is 13.4. The minimum atomic E-state index is -0.762. The highest BCUT2D eigenvalue weighted by Crippen LogP contribution is 2.16. The molecule has 1 aromatic heterocycles. The Hall–Kier alpha value is -4.53. The molecule has 33 heavy (non-hydrogen) atoms. The molecule has 0 saturated heterocycles. The number of carbonyl (C=O) groups excluding carboxylic acids is 1. The number of non-ortho nitro benzene ring substituents is 1. The number of amides is 1. The van der Waals surface area contributed by atoms with Crippen molar-refractivity contribution in [2.75, 3.05) is 0 Å². The van der Waals surface area contributed by atoms with Crippen molar-refractivity contribution in [1.29, 1.82) is 0 Å². The van der Waals surface area contributed by atoms with Crippen LogP contribution >= 0.6 is 0 Å². The number of nitro groups is 1. The van der Waals surface area contributed by atoms with Gasteiger partial charge in [0.1, 0.15) is 6.54 Å². The highest BCUT2D eigenvalue weighted by Gasteiger charge is 2.19. The number of para-hydroxylation sites is 1. The minimum Gasteiger partial charge on any atom is -0.348 e. The van der Waals surface area contributed by atoms with Gasteiger partial charge < -0.3 is 5.32 Å². The fourth-order valence-corrected chi connectivity index (χ4v) is 3.70. The Morgan fingerprint density at radius 2 is 1.70 bits per heavy atom. The number of nitrogens with zero attached hydrogens (tertiary/aromatic N) is 3. The zero-order valence-electron chi connectivity index (χ0n) is 17.7. The molecule has 4 rings (SSSR count). The van der Waals surface area contributed by atoms with Gasteiger partial charge in [-0.05, 0) is 30.7 Å². The molecule has 0 aliphatic carbocycles. The molecular formula is C24H20N4O5. The standard InChI is InChI=1S/C24H20N4O5/c1-16(17-8-3-2-4-9-17)25-22(29)15-26-21-13-6-5-12-20(21)23(30)27(24(26)31)18-10-7-11-19(14-18)28(32)33/h2-14,16H,15H2,1H3,(H,25,29)/t16-/m0/s1. The fourth-order valence-electron chi connectivity index (χ4n) is 3.70. The van der Waals surface area contributed by atoms with Crippen LogP contribution in [0.4, 0.5) is 5.69 Å². The predicted molar refractivity (Wildman–Crippen MR) is 123 cm³/mol. The van der Waals surface area contributed by atoms with Gasteiger partial charge in [-0.3, -0.25) is 24.3 Å². The lowest BCUT2D eigenvalue weighted by Gasteiger charge is -2.17.